The lowest BCUT2D eigenvalue weighted by atomic mass is 9.80. The average molecular weight is 285 g/mol. The van der Waals surface area contributed by atoms with Gasteiger partial charge in [0.2, 0.25) is 0 Å². The Morgan fingerprint density at radius 3 is 2.33 bits per heavy atom. The van der Waals surface area contributed by atoms with Crippen LogP contribution >= 0.6 is 0 Å². The summed E-state index contributed by atoms with van der Waals surface area (Å²) in [6, 6.07) is 3.96. The lowest BCUT2D eigenvalue weighted by molar-refractivity contribution is 0.00578. The second-order valence-electron chi connectivity index (χ2n) is 6.47. The normalized spacial score (nSPS) is 20.0. The number of hydrogen-bond acceptors (Lipinski definition) is 4. The van der Waals surface area contributed by atoms with E-state index in [0.717, 1.165) is 16.8 Å². The van der Waals surface area contributed by atoms with Gasteiger partial charge in [-0.2, -0.15) is 5.10 Å². The van der Waals surface area contributed by atoms with E-state index in [0.29, 0.717) is 0 Å². The van der Waals surface area contributed by atoms with Gasteiger partial charge in [-0.3, -0.25) is 4.98 Å². The summed E-state index contributed by atoms with van der Waals surface area (Å²) in [5.74, 6) is 0. The first-order chi connectivity index (χ1) is 9.78. The number of hydrogen-bond donors (Lipinski definition) is 0. The third-order valence-corrected chi connectivity index (χ3v) is 4.26. The molecular formula is C15H20BN3O2. The van der Waals surface area contributed by atoms with E-state index in [2.05, 4.69) is 10.1 Å². The highest BCUT2D eigenvalue weighted by Crippen LogP contribution is 2.36. The minimum absolute atomic E-state index is 0.351. The van der Waals surface area contributed by atoms with Crippen LogP contribution in [0.5, 0.6) is 0 Å². The molecule has 0 N–H and O–H groups in total. The summed E-state index contributed by atoms with van der Waals surface area (Å²) < 4.78 is 13.9. The van der Waals surface area contributed by atoms with Gasteiger partial charge >= 0.3 is 7.12 Å². The number of rotatable bonds is 2. The molecule has 0 radical (unpaired) electrons. The Hall–Kier alpha value is -1.66. The molecule has 0 bridgehead atoms. The van der Waals surface area contributed by atoms with Crippen molar-refractivity contribution in [3.63, 3.8) is 0 Å². The molecule has 110 valence electrons. The van der Waals surface area contributed by atoms with Crippen LogP contribution in [0, 0.1) is 6.92 Å². The predicted octanol–water partition coefficient (Wildman–Crippen LogP) is 1.87. The molecule has 0 saturated carbocycles. The second-order valence-corrected chi connectivity index (χ2v) is 6.47. The fourth-order valence-corrected chi connectivity index (χ4v) is 2.24. The van der Waals surface area contributed by atoms with E-state index in [1.165, 1.54) is 0 Å². The monoisotopic (exact) mass is 285 g/mol. The number of pyridine rings is 1. The van der Waals surface area contributed by atoms with Crippen molar-refractivity contribution in [2.75, 3.05) is 0 Å². The van der Waals surface area contributed by atoms with Crippen molar-refractivity contribution in [1.29, 1.82) is 0 Å². The smallest absolute Gasteiger partial charge is 0.399 e. The molecule has 0 aromatic carbocycles. The standard InChI is InChI=1S/C15H20BN3O2/c1-11-6-7-19(18-11)13-8-12(9-17-10-13)16-20-14(2,3)15(4,5)21-16/h6-10H,1-5H3. The van der Waals surface area contributed by atoms with Crippen LogP contribution in [0.1, 0.15) is 33.4 Å². The maximum atomic E-state index is 6.05. The van der Waals surface area contributed by atoms with E-state index >= 15 is 0 Å². The Bertz CT molecular complexity index is 650. The lowest BCUT2D eigenvalue weighted by Gasteiger charge is -2.32. The van der Waals surface area contributed by atoms with Gasteiger partial charge in [0.15, 0.2) is 0 Å². The van der Waals surface area contributed by atoms with Crippen LogP contribution in [0.2, 0.25) is 0 Å². The fourth-order valence-electron chi connectivity index (χ4n) is 2.24. The minimum Gasteiger partial charge on any atom is -0.399 e. The maximum Gasteiger partial charge on any atom is 0.496 e. The Balaban J connectivity index is 1.91. The first kappa shape index (κ1) is 14.3. The zero-order valence-electron chi connectivity index (χ0n) is 13.1. The van der Waals surface area contributed by atoms with E-state index < -0.39 is 7.12 Å². The van der Waals surface area contributed by atoms with E-state index in [1.807, 2.05) is 52.9 Å². The topological polar surface area (TPSA) is 49.2 Å². The quantitative estimate of drug-likeness (QED) is 0.790. The second kappa shape index (κ2) is 4.68. The number of nitrogens with zero attached hydrogens (tertiary/aromatic N) is 3. The molecule has 1 saturated heterocycles. The Kier molecular flexibility index (Phi) is 3.18. The molecule has 5 nitrogen and oxygen atoms in total. The molecule has 0 spiro atoms. The molecule has 0 unspecified atom stereocenters. The van der Waals surface area contributed by atoms with Gasteiger partial charge < -0.3 is 9.31 Å². The molecule has 3 rings (SSSR count). The van der Waals surface area contributed by atoms with Gasteiger partial charge in [-0.25, -0.2) is 4.68 Å². The first-order valence-corrected chi connectivity index (χ1v) is 7.12. The van der Waals surface area contributed by atoms with Gasteiger partial charge in [0.25, 0.3) is 0 Å². The molecule has 21 heavy (non-hydrogen) atoms. The summed E-state index contributed by atoms with van der Waals surface area (Å²) in [4.78, 5) is 4.29. The zero-order chi connectivity index (χ0) is 15.3. The molecule has 1 fully saturated rings. The van der Waals surface area contributed by atoms with Crippen molar-refractivity contribution < 1.29 is 9.31 Å². The van der Waals surface area contributed by atoms with E-state index in [4.69, 9.17) is 9.31 Å². The Labute approximate surface area is 125 Å². The van der Waals surface area contributed by atoms with Crippen LogP contribution in [-0.2, 0) is 9.31 Å². The number of aryl methyl sites for hydroxylation is 1. The molecule has 0 amide bonds. The van der Waals surface area contributed by atoms with Crippen LogP contribution in [-0.4, -0.2) is 33.1 Å². The summed E-state index contributed by atoms with van der Waals surface area (Å²) in [5, 5.41) is 4.40. The molecule has 3 heterocycles. The highest BCUT2D eigenvalue weighted by molar-refractivity contribution is 6.62. The van der Waals surface area contributed by atoms with E-state index in [-0.39, 0.29) is 11.2 Å². The van der Waals surface area contributed by atoms with Gasteiger partial charge in [0, 0.05) is 17.9 Å². The Morgan fingerprint density at radius 1 is 1.10 bits per heavy atom. The molecule has 2 aromatic rings. The Morgan fingerprint density at radius 2 is 1.76 bits per heavy atom. The molecular weight excluding hydrogens is 265 g/mol. The summed E-state index contributed by atoms with van der Waals surface area (Å²) in [6.45, 7) is 10.1. The molecule has 2 aromatic heterocycles. The molecule has 1 aliphatic heterocycles. The van der Waals surface area contributed by atoms with Gasteiger partial charge in [-0.15, -0.1) is 0 Å². The maximum absolute atomic E-state index is 6.05. The summed E-state index contributed by atoms with van der Waals surface area (Å²) in [5.41, 5.74) is 2.07. The van der Waals surface area contributed by atoms with Crippen molar-refractivity contribution in [3.05, 3.63) is 36.4 Å². The average Bonchev–Trinajstić information content (AvgIpc) is 2.92. The first-order valence-electron chi connectivity index (χ1n) is 7.12. The van der Waals surface area contributed by atoms with Crippen LogP contribution < -0.4 is 5.46 Å². The van der Waals surface area contributed by atoms with Crippen molar-refractivity contribution in [2.24, 2.45) is 0 Å². The lowest BCUT2D eigenvalue weighted by Crippen LogP contribution is -2.41. The van der Waals surface area contributed by atoms with Crippen LogP contribution in [0.3, 0.4) is 0 Å². The van der Waals surface area contributed by atoms with Gasteiger partial charge in [-0.05, 0) is 46.8 Å². The van der Waals surface area contributed by atoms with Crippen molar-refractivity contribution in [2.45, 2.75) is 45.8 Å². The van der Waals surface area contributed by atoms with Crippen molar-refractivity contribution in [3.8, 4) is 5.69 Å². The van der Waals surface area contributed by atoms with Gasteiger partial charge in [0.05, 0.1) is 28.8 Å². The van der Waals surface area contributed by atoms with Gasteiger partial charge in [0.1, 0.15) is 0 Å². The van der Waals surface area contributed by atoms with E-state index in [1.54, 1.807) is 17.1 Å². The summed E-state index contributed by atoms with van der Waals surface area (Å²) >= 11 is 0. The van der Waals surface area contributed by atoms with E-state index in [9.17, 15) is 0 Å². The fraction of sp³-hybridized carbons (Fsp3) is 0.467. The third-order valence-electron chi connectivity index (χ3n) is 4.26. The minimum atomic E-state index is -0.404. The number of aromatic nitrogens is 3. The largest absolute Gasteiger partial charge is 0.496 e. The summed E-state index contributed by atoms with van der Waals surface area (Å²) in [7, 11) is -0.404. The molecule has 1 aliphatic rings. The molecule has 0 atom stereocenters. The van der Waals surface area contributed by atoms with Crippen LogP contribution in [0.4, 0.5) is 0 Å². The highest BCUT2D eigenvalue weighted by atomic mass is 16.7. The van der Waals surface area contributed by atoms with Crippen LogP contribution in [0.25, 0.3) is 5.69 Å². The third kappa shape index (κ3) is 2.49. The SMILES string of the molecule is Cc1ccn(-c2cncc(B3OC(C)(C)C(C)(C)O3)c2)n1. The predicted molar refractivity (Wildman–Crippen MR) is 81.8 cm³/mol. The highest BCUT2D eigenvalue weighted by Gasteiger charge is 2.51. The zero-order valence-corrected chi connectivity index (χ0v) is 13.1. The van der Waals surface area contributed by atoms with Crippen molar-refractivity contribution >= 4 is 12.6 Å². The molecule has 6 heteroatoms. The van der Waals surface area contributed by atoms with Crippen molar-refractivity contribution in [1.82, 2.24) is 14.8 Å². The summed E-state index contributed by atoms with van der Waals surface area (Å²) in [6.07, 6.45) is 5.48. The van der Waals surface area contributed by atoms with Gasteiger partial charge in [-0.1, -0.05) is 0 Å². The molecule has 0 aliphatic carbocycles. The van der Waals surface area contributed by atoms with Crippen LogP contribution in [0.15, 0.2) is 30.7 Å².